The molecule has 3 N–H and O–H groups in total. The lowest BCUT2D eigenvalue weighted by atomic mass is 10.1. The lowest BCUT2D eigenvalue weighted by molar-refractivity contribution is 0.350. The number of rotatable bonds is 5. The van der Waals surface area contributed by atoms with Crippen LogP contribution in [0.15, 0.2) is 48.5 Å². The van der Waals surface area contributed by atoms with E-state index in [0.717, 1.165) is 16.6 Å². The number of fused-ring (bicyclic) bond motifs is 1. The summed E-state index contributed by atoms with van der Waals surface area (Å²) in [6.07, 6.45) is 0. The molecule has 0 aliphatic heterocycles. The van der Waals surface area contributed by atoms with Crippen LogP contribution in [-0.2, 0) is 6.54 Å². The first-order chi connectivity index (χ1) is 14.4. The Morgan fingerprint density at radius 2 is 1.63 bits per heavy atom. The molecular formula is C23H22N2O5. The fraction of sp³-hybridized carbons (Fsp3) is 0.174. The van der Waals surface area contributed by atoms with Crippen LogP contribution in [0.5, 0.6) is 28.7 Å². The van der Waals surface area contributed by atoms with E-state index in [9.17, 15) is 15.3 Å². The minimum atomic E-state index is -0.301. The van der Waals surface area contributed by atoms with Gasteiger partial charge in [-0.05, 0) is 48.9 Å². The quantitative estimate of drug-likeness (QED) is 0.430. The standard InChI is InChI=1S/C23H22N2O5/c1-13-18(26)10-15(11-20(13)29-2)23-24-16-6-4-5-7-17(16)25(23)12-14-8-19(27)22(28)21(9-14)30-3/h4-11,26-28H,12H2,1-3H3. The lowest BCUT2D eigenvalue weighted by Crippen LogP contribution is -2.03. The van der Waals surface area contributed by atoms with E-state index in [1.807, 2.05) is 34.9 Å². The van der Waals surface area contributed by atoms with Gasteiger partial charge in [-0.3, -0.25) is 0 Å². The van der Waals surface area contributed by atoms with Crippen molar-refractivity contribution in [3.63, 3.8) is 0 Å². The summed E-state index contributed by atoms with van der Waals surface area (Å²) in [7, 11) is 2.98. The van der Waals surface area contributed by atoms with Crippen LogP contribution in [0, 0.1) is 6.92 Å². The van der Waals surface area contributed by atoms with Crippen LogP contribution in [0.4, 0.5) is 0 Å². The topological polar surface area (TPSA) is 97.0 Å². The van der Waals surface area contributed by atoms with Crippen molar-refractivity contribution in [1.82, 2.24) is 9.55 Å². The fourth-order valence-corrected chi connectivity index (χ4v) is 3.55. The summed E-state index contributed by atoms with van der Waals surface area (Å²) < 4.78 is 12.5. The molecule has 0 spiro atoms. The van der Waals surface area contributed by atoms with Gasteiger partial charge in [0.25, 0.3) is 0 Å². The van der Waals surface area contributed by atoms with Crippen LogP contribution in [0.2, 0.25) is 0 Å². The maximum Gasteiger partial charge on any atom is 0.200 e. The largest absolute Gasteiger partial charge is 0.508 e. The zero-order chi connectivity index (χ0) is 21.4. The highest BCUT2D eigenvalue weighted by Gasteiger charge is 2.18. The van der Waals surface area contributed by atoms with Gasteiger partial charge >= 0.3 is 0 Å². The molecule has 4 aromatic rings. The molecule has 0 atom stereocenters. The van der Waals surface area contributed by atoms with Crippen molar-refractivity contribution in [3.8, 4) is 40.1 Å². The number of hydrogen-bond acceptors (Lipinski definition) is 6. The monoisotopic (exact) mass is 406 g/mol. The minimum absolute atomic E-state index is 0.118. The lowest BCUT2D eigenvalue weighted by Gasteiger charge is -2.14. The van der Waals surface area contributed by atoms with Crippen molar-refractivity contribution in [1.29, 1.82) is 0 Å². The molecule has 0 bridgehead atoms. The zero-order valence-corrected chi connectivity index (χ0v) is 16.9. The predicted molar refractivity (Wildman–Crippen MR) is 114 cm³/mol. The number of benzene rings is 3. The SMILES string of the molecule is COc1cc(-c2nc3ccccc3n2Cc2cc(O)c(O)c(OC)c2)cc(O)c1C. The third-order valence-corrected chi connectivity index (χ3v) is 5.14. The molecule has 154 valence electrons. The van der Waals surface area contributed by atoms with Crippen molar-refractivity contribution < 1.29 is 24.8 Å². The molecule has 0 fully saturated rings. The van der Waals surface area contributed by atoms with E-state index in [0.29, 0.717) is 29.2 Å². The minimum Gasteiger partial charge on any atom is -0.508 e. The molecule has 3 aromatic carbocycles. The molecule has 0 aliphatic carbocycles. The molecule has 0 amide bonds. The smallest absolute Gasteiger partial charge is 0.200 e. The molecule has 0 saturated carbocycles. The van der Waals surface area contributed by atoms with Crippen LogP contribution in [0.25, 0.3) is 22.4 Å². The number of phenolic OH excluding ortho intramolecular Hbond substituents is 3. The Hall–Kier alpha value is -3.87. The predicted octanol–water partition coefficient (Wildman–Crippen LogP) is 4.19. The van der Waals surface area contributed by atoms with Crippen LogP contribution < -0.4 is 9.47 Å². The van der Waals surface area contributed by atoms with Gasteiger partial charge in [0.05, 0.1) is 25.3 Å². The zero-order valence-electron chi connectivity index (χ0n) is 16.9. The number of para-hydroxylation sites is 2. The Morgan fingerprint density at radius 3 is 2.37 bits per heavy atom. The maximum absolute atomic E-state index is 10.4. The Bertz CT molecular complexity index is 1250. The molecule has 7 heteroatoms. The molecule has 4 rings (SSSR count). The van der Waals surface area contributed by atoms with Crippen molar-refractivity contribution in [2.24, 2.45) is 0 Å². The molecule has 0 saturated heterocycles. The first-order valence-corrected chi connectivity index (χ1v) is 9.35. The van der Waals surface area contributed by atoms with E-state index >= 15 is 0 Å². The van der Waals surface area contributed by atoms with Crippen molar-refractivity contribution in [3.05, 3.63) is 59.7 Å². The number of hydrogen-bond donors (Lipinski definition) is 3. The van der Waals surface area contributed by atoms with Crippen LogP contribution in [0.3, 0.4) is 0 Å². The summed E-state index contributed by atoms with van der Waals surface area (Å²) in [5.74, 6) is 0.941. The van der Waals surface area contributed by atoms with Gasteiger partial charge in [0.1, 0.15) is 17.3 Å². The normalized spacial score (nSPS) is 11.0. The summed E-state index contributed by atoms with van der Waals surface area (Å²) >= 11 is 0. The molecule has 1 heterocycles. The van der Waals surface area contributed by atoms with Gasteiger partial charge in [-0.2, -0.15) is 0 Å². The first kappa shape index (κ1) is 19.4. The highest BCUT2D eigenvalue weighted by molar-refractivity contribution is 5.81. The van der Waals surface area contributed by atoms with Gasteiger partial charge < -0.3 is 29.4 Å². The van der Waals surface area contributed by atoms with Gasteiger partial charge in [0.15, 0.2) is 11.5 Å². The van der Waals surface area contributed by atoms with Gasteiger partial charge in [-0.15, -0.1) is 0 Å². The molecule has 30 heavy (non-hydrogen) atoms. The summed E-state index contributed by atoms with van der Waals surface area (Å²) in [5.41, 5.74) is 3.74. The third kappa shape index (κ3) is 3.24. The first-order valence-electron chi connectivity index (χ1n) is 9.35. The Balaban J connectivity index is 1.91. The number of ether oxygens (including phenoxy) is 2. The average molecular weight is 406 g/mol. The average Bonchev–Trinajstić information content (AvgIpc) is 3.11. The third-order valence-electron chi connectivity index (χ3n) is 5.14. The van der Waals surface area contributed by atoms with E-state index in [2.05, 4.69) is 0 Å². The van der Waals surface area contributed by atoms with Gasteiger partial charge in [0.2, 0.25) is 5.75 Å². The van der Waals surface area contributed by atoms with Crippen molar-refractivity contribution in [2.45, 2.75) is 13.5 Å². The summed E-state index contributed by atoms with van der Waals surface area (Å²) in [5, 5.41) is 30.4. The summed E-state index contributed by atoms with van der Waals surface area (Å²) in [6.45, 7) is 2.14. The van der Waals surface area contributed by atoms with E-state index in [4.69, 9.17) is 14.5 Å². The Labute approximate surface area is 173 Å². The van der Waals surface area contributed by atoms with E-state index in [-0.39, 0.29) is 23.0 Å². The summed E-state index contributed by atoms with van der Waals surface area (Å²) in [4.78, 5) is 4.76. The summed E-state index contributed by atoms with van der Waals surface area (Å²) in [6, 6.07) is 14.3. The van der Waals surface area contributed by atoms with Crippen LogP contribution in [0.1, 0.15) is 11.1 Å². The highest BCUT2D eigenvalue weighted by Crippen LogP contribution is 2.38. The fourth-order valence-electron chi connectivity index (χ4n) is 3.55. The van der Waals surface area contributed by atoms with Gasteiger partial charge in [0, 0.05) is 17.7 Å². The Morgan fingerprint density at radius 1 is 0.900 bits per heavy atom. The van der Waals surface area contributed by atoms with Crippen LogP contribution >= 0.6 is 0 Å². The van der Waals surface area contributed by atoms with Gasteiger partial charge in [-0.1, -0.05) is 12.1 Å². The van der Waals surface area contributed by atoms with E-state index in [1.165, 1.54) is 13.2 Å². The van der Waals surface area contributed by atoms with Crippen molar-refractivity contribution >= 4 is 11.0 Å². The highest BCUT2D eigenvalue weighted by atomic mass is 16.5. The molecule has 0 aliphatic rings. The van der Waals surface area contributed by atoms with E-state index < -0.39 is 0 Å². The number of nitrogens with zero attached hydrogens (tertiary/aromatic N) is 2. The number of aromatic nitrogens is 2. The second kappa shape index (κ2) is 7.51. The maximum atomic E-state index is 10.4. The molecule has 0 unspecified atom stereocenters. The van der Waals surface area contributed by atoms with Gasteiger partial charge in [-0.25, -0.2) is 4.98 Å². The number of phenols is 3. The second-order valence-electron chi connectivity index (χ2n) is 7.00. The molecule has 0 radical (unpaired) electrons. The number of aromatic hydroxyl groups is 3. The number of methoxy groups -OCH3 is 2. The van der Waals surface area contributed by atoms with E-state index in [1.54, 1.807) is 26.2 Å². The van der Waals surface area contributed by atoms with Crippen molar-refractivity contribution in [2.75, 3.05) is 14.2 Å². The molecule has 1 aromatic heterocycles. The Kier molecular flexibility index (Phi) is 4.87. The molecular weight excluding hydrogens is 384 g/mol. The van der Waals surface area contributed by atoms with Crippen LogP contribution in [-0.4, -0.2) is 39.1 Å². The second-order valence-corrected chi connectivity index (χ2v) is 7.00. The number of imidazole rings is 1. The molecule has 7 nitrogen and oxygen atoms in total.